The summed E-state index contributed by atoms with van der Waals surface area (Å²) in [5, 5.41) is 11.0. The Labute approximate surface area is 217 Å². The van der Waals surface area contributed by atoms with Crippen LogP contribution in [0.1, 0.15) is 58.8 Å². The number of nitrogens with zero attached hydrogens (tertiary/aromatic N) is 3. The summed E-state index contributed by atoms with van der Waals surface area (Å²) in [6.45, 7) is 5.12. The van der Waals surface area contributed by atoms with Gasteiger partial charge >= 0.3 is 0 Å². The molecular formula is C24H35ClN4O6S. The number of nitro benzene ring substituents is 1. The Hall–Kier alpha value is -2.24. The Morgan fingerprint density at radius 1 is 1.17 bits per heavy atom. The average molecular weight is 543 g/mol. The second-order valence-corrected chi connectivity index (χ2v) is 11.9. The zero-order chi connectivity index (χ0) is 26.5. The maximum Gasteiger partial charge on any atom is 0.289 e. The van der Waals surface area contributed by atoms with Crippen molar-refractivity contribution in [1.29, 1.82) is 0 Å². The van der Waals surface area contributed by atoms with Crippen LogP contribution in [0.4, 0.5) is 5.69 Å². The van der Waals surface area contributed by atoms with Crippen molar-refractivity contribution in [2.45, 2.75) is 69.7 Å². The maximum atomic E-state index is 13.4. The molecule has 1 aliphatic carbocycles. The number of nitro groups is 1. The molecule has 36 heavy (non-hydrogen) atoms. The standard InChI is InChI=1S/C24H35ClN4O6S/c1-3-17(2)23(26-36(34,35)19-9-10-20(25)21(16-19)29(32)33)24(31)28-14-12-27(13-15-28)22(30)11-8-18-6-4-5-7-18/h9-10,16-18,23,26H,3-8,11-15H2,1-2H3. The van der Waals surface area contributed by atoms with Crippen LogP contribution >= 0.6 is 11.6 Å². The molecule has 2 unspecified atom stereocenters. The van der Waals surface area contributed by atoms with Gasteiger partial charge in [-0.15, -0.1) is 0 Å². The van der Waals surface area contributed by atoms with Crippen molar-refractivity contribution in [2.75, 3.05) is 26.2 Å². The number of hydrogen-bond acceptors (Lipinski definition) is 6. The first-order valence-corrected chi connectivity index (χ1v) is 14.4. The molecule has 12 heteroatoms. The summed E-state index contributed by atoms with van der Waals surface area (Å²) in [5.74, 6) is 0.0655. The maximum absolute atomic E-state index is 13.4. The van der Waals surface area contributed by atoms with E-state index < -0.39 is 26.7 Å². The predicted molar refractivity (Wildman–Crippen MR) is 136 cm³/mol. The van der Waals surface area contributed by atoms with Gasteiger partial charge in [0.2, 0.25) is 21.8 Å². The summed E-state index contributed by atoms with van der Waals surface area (Å²) >= 11 is 5.81. The molecule has 1 saturated heterocycles. The molecule has 0 aromatic heterocycles. The van der Waals surface area contributed by atoms with E-state index in [1.54, 1.807) is 16.7 Å². The van der Waals surface area contributed by atoms with Crippen molar-refractivity contribution in [3.8, 4) is 0 Å². The number of benzene rings is 1. The Balaban J connectivity index is 1.64. The third-order valence-corrected chi connectivity index (χ3v) is 9.13. The summed E-state index contributed by atoms with van der Waals surface area (Å²) in [5.41, 5.74) is -0.528. The number of piperazine rings is 1. The largest absolute Gasteiger partial charge is 0.339 e. The van der Waals surface area contributed by atoms with E-state index in [-0.39, 0.29) is 27.7 Å². The topological polar surface area (TPSA) is 130 Å². The lowest BCUT2D eigenvalue weighted by Gasteiger charge is -2.37. The summed E-state index contributed by atoms with van der Waals surface area (Å²) in [4.78, 5) is 39.5. The second-order valence-electron chi connectivity index (χ2n) is 9.75. The molecule has 1 aliphatic heterocycles. The zero-order valence-electron chi connectivity index (χ0n) is 20.8. The van der Waals surface area contributed by atoms with Gasteiger partial charge in [0, 0.05) is 38.7 Å². The van der Waals surface area contributed by atoms with Crippen LogP contribution in [-0.2, 0) is 19.6 Å². The summed E-state index contributed by atoms with van der Waals surface area (Å²) in [6.07, 6.45) is 6.88. The molecule has 1 saturated carbocycles. The first kappa shape index (κ1) is 28.3. The van der Waals surface area contributed by atoms with Gasteiger partial charge in [0.25, 0.3) is 5.69 Å². The smallest absolute Gasteiger partial charge is 0.289 e. The zero-order valence-corrected chi connectivity index (χ0v) is 22.4. The third kappa shape index (κ3) is 6.95. The van der Waals surface area contributed by atoms with E-state index in [4.69, 9.17) is 11.6 Å². The number of carbonyl (C=O) groups is 2. The molecule has 1 aromatic rings. The highest BCUT2D eigenvalue weighted by Gasteiger charge is 2.35. The number of carbonyl (C=O) groups excluding carboxylic acids is 2. The first-order chi connectivity index (χ1) is 17.0. The van der Waals surface area contributed by atoms with Gasteiger partial charge in [-0.05, 0) is 30.4 Å². The monoisotopic (exact) mass is 542 g/mol. The molecule has 2 amide bonds. The van der Waals surface area contributed by atoms with Crippen LogP contribution < -0.4 is 4.72 Å². The van der Waals surface area contributed by atoms with Gasteiger partial charge in [0.1, 0.15) is 11.1 Å². The molecule has 1 aromatic carbocycles. The number of amides is 2. The summed E-state index contributed by atoms with van der Waals surface area (Å²) in [6, 6.07) is 2.17. The number of nitrogens with one attached hydrogen (secondary N) is 1. The highest BCUT2D eigenvalue weighted by Crippen LogP contribution is 2.29. The minimum Gasteiger partial charge on any atom is -0.339 e. The first-order valence-electron chi connectivity index (χ1n) is 12.6. The third-order valence-electron chi connectivity index (χ3n) is 7.37. The lowest BCUT2D eigenvalue weighted by Crippen LogP contribution is -2.57. The van der Waals surface area contributed by atoms with Crippen molar-refractivity contribution < 1.29 is 22.9 Å². The van der Waals surface area contributed by atoms with Gasteiger partial charge < -0.3 is 9.80 Å². The molecule has 0 radical (unpaired) electrons. The van der Waals surface area contributed by atoms with Crippen molar-refractivity contribution in [3.05, 3.63) is 33.3 Å². The molecule has 3 rings (SSSR count). The average Bonchev–Trinajstić information content (AvgIpc) is 3.39. The highest BCUT2D eigenvalue weighted by molar-refractivity contribution is 7.89. The van der Waals surface area contributed by atoms with Crippen LogP contribution in [0.5, 0.6) is 0 Å². The fourth-order valence-corrected chi connectivity index (χ4v) is 6.34. The molecule has 200 valence electrons. The van der Waals surface area contributed by atoms with E-state index in [0.29, 0.717) is 44.9 Å². The Kier molecular flexibility index (Phi) is 9.71. The predicted octanol–water partition coefficient (Wildman–Crippen LogP) is 3.58. The number of rotatable bonds is 10. The quantitative estimate of drug-likeness (QED) is 0.355. The van der Waals surface area contributed by atoms with E-state index >= 15 is 0 Å². The number of hydrogen-bond donors (Lipinski definition) is 1. The molecule has 0 spiro atoms. The van der Waals surface area contributed by atoms with Crippen LogP contribution in [0.15, 0.2) is 23.1 Å². The molecule has 2 aliphatic rings. The van der Waals surface area contributed by atoms with E-state index in [2.05, 4.69) is 4.72 Å². The number of sulfonamides is 1. The molecule has 0 bridgehead atoms. The lowest BCUT2D eigenvalue weighted by molar-refractivity contribution is -0.384. The van der Waals surface area contributed by atoms with E-state index in [1.807, 2.05) is 6.92 Å². The summed E-state index contributed by atoms with van der Waals surface area (Å²) in [7, 11) is -4.24. The van der Waals surface area contributed by atoms with Crippen molar-refractivity contribution in [3.63, 3.8) is 0 Å². The second kappa shape index (κ2) is 12.3. The van der Waals surface area contributed by atoms with Crippen LogP contribution in [0, 0.1) is 22.0 Å². The highest BCUT2D eigenvalue weighted by atomic mass is 35.5. The number of halogens is 1. The van der Waals surface area contributed by atoms with Crippen molar-refractivity contribution in [1.82, 2.24) is 14.5 Å². The van der Waals surface area contributed by atoms with Gasteiger partial charge in [-0.2, -0.15) is 4.72 Å². The Morgan fingerprint density at radius 3 is 2.36 bits per heavy atom. The summed E-state index contributed by atoms with van der Waals surface area (Å²) < 4.78 is 28.6. The van der Waals surface area contributed by atoms with E-state index in [9.17, 15) is 28.1 Å². The van der Waals surface area contributed by atoms with E-state index in [1.165, 1.54) is 31.7 Å². The van der Waals surface area contributed by atoms with Gasteiger partial charge in [-0.3, -0.25) is 19.7 Å². The molecule has 2 fully saturated rings. The van der Waals surface area contributed by atoms with Gasteiger partial charge in [-0.1, -0.05) is 57.6 Å². The molecule has 1 N–H and O–H groups in total. The van der Waals surface area contributed by atoms with E-state index in [0.717, 1.165) is 18.6 Å². The fraction of sp³-hybridized carbons (Fsp3) is 0.667. The van der Waals surface area contributed by atoms with Crippen molar-refractivity contribution in [2.24, 2.45) is 11.8 Å². The van der Waals surface area contributed by atoms with Crippen molar-refractivity contribution >= 4 is 39.1 Å². The van der Waals surface area contributed by atoms with Crippen LogP contribution in [0.25, 0.3) is 0 Å². The lowest BCUT2D eigenvalue weighted by atomic mass is 9.98. The van der Waals surface area contributed by atoms with Crippen LogP contribution in [0.3, 0.4) is 0 Å². The van der Waals surface area contributed by atoms with Gasteiger partial charge in [-0.25, -0.2) is 8.42 Å². The van der Waals surface area contributed by atoms with Crippen LogP contribution in [0.2, 0.25) is 5.02 Å². The molecular weight excluding hydrogens is 508 g/mol. The fourth-order valence-electron chi connectivity index (χ4n) is 4.84. The molecule has 2 atom stereocenters. The Morgan fingerprint density at radius 2 is 1.78 bits per heavy atom. The SMILES string of the molecule is CCC(C)C(NS(=O)(=O)c1ccc(Cl)c([N+](=O)[O-])c1)C(=O)N1CCN(C(=O)CCC2CCCC2)CC1. The van der Waals surface area contributed by atoms with Crippen LogP contribution in [-0.4, -0.2) is 67.2 Å². The molecule has 1 heterocycles. The minimum absolute atomic E-state index is 0.109. The molecule has 10 nitrogen and oxygen atoms in total. The normalized spacial score (nSPS) is 18.8. The Bertz CT molecular complexity index is 1070. The minimum atomic E-state index is -4.24. The van der Waals surface area contributed by atoms with Gasteiger partial charge in [0.05, 0.1) is 9.82 Å². The van der Waals surface area contributed by atoms with Gasteiger partial charge in [0.15, 0.2) is 0 Å².